The third kappa shape index (κ3) is 3.05. The molecule has 4 fully saturated rings. The number of carbonyl (C=O) groups is 1. The molecule has 1 amide bonds. The number of halogens is 1. The second-order valence-electron chi connectivity index (χ2n) is 8.66. The standard InChI is InChI=1S/C18H25ClN4O2/c1-17(2,3)25-16(24)23(18-8-12(9-18)10-18)13-6-7-22(11-13)15-5-4-14(19)20-21-15/h4-5,12-13H,6-11H2,1-3H3. The lowest BCUT2D eigenvalue weighted by Gasteiger charge is -2.67. The molecule has 1 saturated heterocycles. The Morgan fingerprint density at radius 3 is 2.56 bits per heavy atom. The van der Waals surface area contributed by atoms with Crippen molar-refractivity contribution in [2.75, 3.05) is 18.0 Å². The summed E-state index contributed by atoms with van der Waals surface area (Å²) < 4.78 is 5.74. The summed E-state index contributed by atoms with van der Waals surface area (Å²) in [6.07, 6.45) is 4.14. The maximum absolute atomic E-state index is 12.9. The van der Waals surface area contributed by atoms with Gasteiger partial charge in [-0.15, -0.1) is 10.2 Å². The van der Waals surface area contributed by atoms with Gasteiger partial charge in [0.15, 0.2) is 11.0 Å². The van der Waals surface area contributed by atoms with E-state index < -0.39 is 5.60 Å². The zero-order valence-corrected chi connectivity index (χ0v) is 15.8. The molecule has 136 valence electrons. The minimum Gasteiger partial charge on any atom is -0.444 e. The average molecular weight is 365 g/mol. The van der Waals surface area contributed by atoms with Crippen LogP contribution < -0.4 is 4.90 Å². The molecule has 3 aliphatic carbocycles. The molecule has 0 spiro atoms. The van der Waals surface area contributed by atoms with Gasteiger partial charge in [-0.05, 0) is 64.5 Å². The smallest absolute Gasteiger partial charge is 0.411 e. The highest BCUT2D eigenvalue weighted by Gasteiger charge is 2.63. The summed E-state index contributed by atoms with van der Waals surface area (Å²) in [5.74, 6) is 1.62. The summed E-state index contributed by atoms with van der Waals surface area (Å²) >= 11 is 5.83. The molecule has 25 heavy (non-hydrogen) atoms. The highest BCUT2D eigenvalue weighted by molar-refractivity contribution is 6.29. The molecule has 0 N–H and O–H groups in total. The van der Waals surface area contributed by atoms with E-state index in [1.165, 1.54) is 0 Å². The number of carbonyl (C=O) groups excluding carboxylic acids is 1. The first-order valence-electron chi connectivity index (χ1n) is 9.02. The lowest BCUT2D eigenvalue weighted by molar-refractivity contribution is -0.149. The number of nitrogens with zero attached hydrogens (tertiary/aromatic N) is 4. The van der Waals surface area contributed by atoms with Crippen molar-refractivity contribution < 1.29 is 9.53 Å². The minimum absolute atomic E-state index is 0.0410. The molecule has 1 aromatic heterocycles. The molecule has 1 atom stereocenters. The Morgan fingerprint density at radius 2 is 2.04 bits per heavy atom. The molecule has 7 heteroatoms. The molecule has 2 bridgehead atoms. The Kier molecular flexibility index (Phi) is 3.87. The predicted octanol–water partition coefficient (Wildman–Crippen LogP) is 3.50. The maximum atomic E-state index is 12.9. The third-order valence-corrected chi connectivity index (χ3v) is 5.78. The molecule has 6 nitrogen and oxygen atoms in total. The summed E-state index contributed by atoms with van der Waals surface area (Å²) in [5.41, 5.74) is -0.432. The Balaban J connectivity index is 1.50. The number of anilines is 1. The van der Waals surface area contributed by atoms with Gasteiger partial charge >= 0.3 is 6.09 Å². The van der Waals surface area contributed by atoms with Crippen LogP contribution in [0.15, 0.2) is 12.1 Å². The monoisotopic (exact) mass is 364 g/mol. The van der Waals surface area contributed by atoms with Crippen molar-refractivity contribution in [2.24, 2.45) is 5.92 Å². The topological polar surface area (TPSA) is 58.6 Å². The van der Waals surface area contributed by atoms with Gasteiger partial charge in [-0.2, -0.15) is 0 Å². The number of ether oxygens (including phenoxy) is 1. The summed E-state index contributed by atoms with van der Waals surface area (Å²) in [4.78, 5) is 17.2. The fourth-order valence-corrected chi connectivity index (χ4v) is 4.51. The zero-order valence-electron chi connectivity index (χ0n) is 15.0. The summed E-state index contributed by atoms with van der Waals surface area (Å²) in [6, 6.07) is 3.80. The second-order valence-corrected chi connectivity index (χ2v) is 9.04. The maximum Gasteiger partial charge on any atom is 0.411 e. The lowest BCUT2D eigenvalue weighted by Crippen LogP contribution is -2.72. The Bertz CT molecular complexity index is 656. The van der Waals surface area contributed by atoms with Gasteiger partial charge in [-0.25, -0.2) is 4.79 Å². The first-order valence-corrected chi connectivity index (χ1v) is 9.40. The van der Waals surface area contributed by atoms with E-state index in [2.05, 4.69) is 20.0 Å². The Hall–Kier alpha value is -1.56. The zero-order chi connectivity index (χ0) is 17.8. The van der Waals surface area contributed by atoms with Gasteiger partial charge in [-0.3, -0.25) is 4.90 Å². The Labute approximate surface area is 153 Å². The molecule has 3 saturated carbocycles. The summed E-state index contributed by atoms with van der Waals surface area (Å²) in [6.45, 7) is 7.40. The molecule has 1 unspecified atom stereocenters. The van der Waals surface area contributed by atoms with Gasteiger partial charge in [0.25, 0.3) is 0 Å². The second kappa shape index (κ2) is 5.73. The van der Waals surface area contributed by atoms with E-state index in [0.717, 1.165) is 50.5 Å². The van der Waals surface area contributed by atoms with E-state index in [-0.39, 0.29) is 17.7 Å². The highest BCUT2D eigenvalue weighted by Crippen LogP contribution is 2.61. The number of amides is 1. The van der Waals surface area contributed by atoms with Crippen LogP contribution >= 0.6 is 11.6 Å². The molecule has 4 aliphatic rings. The number of hydrogen-bond acceptors (Lipinski definition) is 5. The third-order valence-electron chi connectivity index (χ3n) is 5.58. The van der Waals surface area contributed by atoms with Gasteiger partial charge in [0.2, 0.25) is 0 Å². The SMILES string of the molecule is CC(C)(C)OC(=O)N(C1CCN(c2ccc(Cl)nn2)C1)C12CC(C1)C2. The van der Waals surface area contributed by atoms with Gasteiger partial charge < -0.3 is 9.64 Å². The lowest BCUT2D eigenvalue weighted by atomic mass is 9.49. The van der Waals surface area contributed by atoms with Crippen molar-refractivity contribution in [3.05, 3.63) is 17.3 Å². The van der Waals surface area contributed by atoms with Gasteiger partial charge in [0.05, 0.1) is 6.04 Å². The molecule has 1 aliphatic heterocycles. The van der Waals surface area contributed by atoms with Crippen molar-refractivity contribution in [3.8, 4) is 0 Å². The molecular weight excluding hydrogens is 340 g/mol. The van der Waals surface area contributed by atoms with Crippen LogP contribution in [0, 0.1) is 5.92 Å². The number of rotatable bonds is 3. The van der Waals surface area contributed by atoms with Crippen molar-refractivity contribution in [1.82, 2.24) is 15.1 Å². The van der Waals surface area contributed by atoms with Crippen LogP contribution in [0.1, 0.15) is 46.5 Å². The molecular formula is C18H25ClN4O2. The van der Waals surface area contributed by atoms with Gasteiger partial charge in [0, 0.05) is 18.6 Å². The molecule has 1 aromatic rings. The van der Waals surface area contributed by atoms with Crippen LogP contribution in [0.4, 0.5) is 10.6 Å². The predicted molar refractivity (Wildman–Crippen MR) is 95.8 cm³/mol. The average Bonchev–Trinajstić information content (AvgIpc) is 2.89. The van der Waals surface area contributed by atoms with Crippen LogP contribution in [0.5, 0.6) is 0 Å². The fraction of sp³-hybridized carbons (Fsp3) is 0.722. The van der Waals surface area contributed by atoms with Crippen LogP contribution in [-0.2, 0) is 4.74 Å². The van der Waals surface area contributed by atoms with E-state index in [4.69, 9.17) is 16.3 Å². The first kappa shape index (κ1) is 16.9. The van der Waals surface area contributed by atoms with Gasteiger partial charge in [0.1, 0.15) is 5.60 Å². The largest absolute Gasteiger partial charge is 0.444 e. The molecule has 5 rings (SSSR count). The van der Waals surface area contributed by atoms with Crippen LogP contribution in [0.25, 0.3) is 0 Å². The van der Waals surface area contributed by atoms with E-state index in [9.17, 15) is 4.79 Å². The van der Waals surface area contributed by atoms with Crippen molar-refractivity contribution in [2.45, 2.75) is 63.6 Å². The van der Waals surface area contributed by atoms with Crippen molar-refractivity contribution in [1.29, 1.82) is 0 Å². The highest BCUT2D eigenvalue weighted by atomic mass is 35.5. The number of hydrogen-bond donors (Lipinski definition) is 0. The molecule has 2 heterocycles. The van der Waals surface area contributed by atoms with E-state index in [1.807, 2.05) is 26.8 Å². The Morgan fingerprint density at radius 1 is 1.32 bits per heavy atom. The number of aromatic nitrogens is 2. The first-order chi connectivity index (χ1) is 11.8. The summed E-state index contributed by atoms with van der Waals surface area (Å²) in [5, 5.41) is 8.50. The van der Waals surface area contributed by atoms with Crippen molar-refractivity contribution >= 4 is 23.5 Å². The minimum atomic E-state index is -0.473. The van der Waals surface area contributed by atoms with Crippen LogP contribution in [-0.4, -0.2) is 51.5 Å². The van der Waals surface area contributed by atoms with E-state index in [1.54, 1.807) is 6.07 Å². The molecule has 0 radical (unpaired) electrons. The summed E-state index contributed by atoms with van der Waals surface area (Å²) in [7, 11) is 0. The fourth-order valence-electron chi connectivity index (χ4n) is 4.41. The van der Waals surface area contributed by atoms with Gasteiger partial charge in [-0.1, -0.05) is 11.6 Å². The van der Waals surface area contributed by atoms with E-state index in [0.29, 0.717) is 5.15 Å². The van der Waals surface area contributed by atoms with E-state index >= 15 is 0 Å². The molecule has 0 aromatic carbocycles. The van der Waals surface area contributed by atoms with Crippen molar-refractivity contribution in [3.63, 3.8) is 0 Å². The van der Waals surface area contributed by atoms with Crippen LogP contribution in [0.2, 0.25) is 5.15 Å². The normalized spacial score (nSPS) is 30.5. The van der Waals surface area contributed by atoms with Crippen LogP contribution in [0.3, 0.4) is 0 Å². The quantitative estimate of drug-likeness (QED) is 0.821.